The Labute approximate surface area is 159 Å². The van der Waals surface area contributed by atoms with Gasteiger partial charge in [0, 0.05) is 18.2 Å². The number of fused-ring (bicyclic) bond motifs is 1. The number of ether oxygens (including phenoxy) is 1. The van der Waals surface area contributed by atoms with E-state index in [-0.39, 0.29) is 42.9 Å². The highest BCUT2D eigenvalue weighted by atomic mass is 35.5. The van der Waals surface area contributed by atoms with Crippen molar-refractivity contribution in [1.82, 2.24) is 15.3 Å². The van der Waals surface area contributed by atoms with Gasteiger partial charge in [-0.1, -0.05) is 6.42 Å². The van der Waals surface area contributed by atoms with Crippen molar-refractivity contribution in [1.29, 1.82) is 0 Å². The Morgan fingerprint density at radius 3 is 2.80 bits per heavy atom. The Bertz CT molecular complexity index is 733. The minimum absolute atomic E-state index is 0. The van der Waals surface area contributed by atoms with Crippen molar-refractivity contribution in [2.75, 3.05) is 18.5 Å². The van der Waals surface area contributed by atoms with Gasteiger partial charge in [0.05, 0.1) is 23.7 Å². The van der Waals surface area contributed by atoms with Crippen molar-refractivity contribution in [3.05, 3.63) is 24.0 Å². The van der Waals surface area contributed by atoms with Crippen LogP contribution < -0.4 is 10.6 Å². The summed E-state index contributed by atoms with van der Waals surface area (Å²) < 4.78 is 5.53. The molecule has 0 bridgehead atoms. The smallest absolute Gasteiger partial charge is 0.244 e. The van der Waals surface area contributed by atoms with Crippen LogP contribution in [0.3, 0.4) is 0 Å². The minimum atomic E-state index is -0.313. The maximum atomic E-state index is 12.4. The van der Waals surface area contributed by atoms with Crippen LogP contribution in [0.25, 0.3) is 11.0 Å². The van der Waals surface area contributed by atoms with Gasteiger partial charge in [0.1, 0.15) is 11.9 Å². The normalized spacial score (nSPS) is 23.2. The lowest BCUT2D eigenvalue weighted by molar-refractivity contribution is -0.123. The first kappa shape index (κ1) is 20.0. The second kappa shape index (κ2) is 8.36. The van der Waals surface area contributed by atoms with E-state index in [1.54, 1.807) is 0 Å². The summed E-state index contributed by atoms with van der Waals surface area (Å²) in [6.07, 6.45) is 3.60. The maximum Gasteiger partial charge on any atom is 0.244 e. The van der Waals surface area contributed by atoms with Gasteiger partial charge in [-0.3, -0.25) is 4.79 Å². The predicted octanol–water partition coefficient (Wildman–Crippen LogP) is 2.99. The Hall–Kier alpha value is -1.34. The Morgan fingerprint density at radius 1 is 1.32 bits per heavy atom. The Kier molecular flexibility index (Phi) is 6.68. The number of amides is 1. The van der Waals surface area contributed by atoms with Crippen molar-refractivity contribution in [2.45, 2.75) is 44.2 Å². The van der Waals surface area contributed by atoms with Gasteiger partial charge in [-0.15, -0.1) is 24.8 Å². The summed E-state index contributed by atoms with van der Waals surface area (Å²) in [5, 5.41) is 6.17. The molecule has 4 rings (SSSR count). The van der Waals surface area contributed by atoms with E-state index < -0.39 is 0 Å². The third-order valence-corrected chi connectivity index (χ3v) is 4.86. The number of imidazole rings is 1. The number of benzene rings is 1. The lowest BCUT2D eigenvalue weighted by Crippen LogP contribution is -2.53. The van der Waals surface area contributed by atoms with Crippen LogP contribution in [0.4, 0.5) is 5.69 Å². The molecule has 1 aliphatic carbocycles. The first-order valence-electron chi connectivity index (χ1n) is 8.36. The summed E-state index contributed by atoms with van der Waals surface area (Å²) >= 11 is 0. The van der Waals surface area contributed by atoms with Crippen LogP contribution in [-0.2, 0) is 9.53 Å². The molecule has 0 radical (unpaired) electrons. The van der Waals surface area contributed by atoms with Crippen molar-refractivity contribution < 1.29 is 9.53 Å². The molecule has 1 amide bonds. The number of anilines is 1. The molecule has 1 aromatic heterocycles. The van der Waals surface area contributed by atoms with Crippen LogP contribution in [0.2, 0.25) is 0 Å². The molecular formula is C17H24Cl2N4O2. The number of nitrogens with zero attached hydrogens (tertiary/aromatic N) is 1. The highest BCUT2D eigenvalue weighted by Gasteiger charge is 2.28. The predicted molar refractivity (Wildman–Crippen MR) is 103 cm³/mol. The van der Waals surface area contributed by atoms with Gasteiger partial charge in [0.2, 0.25) is 5.91 Å². The molecule has 1 saturated heterocycles. The Balaban J connectivity index is 0.00000113. The van der Waals surface area contributed by atoms with Crippen LogP contribution in [0.15, 0.2) is 18.2 Å². The number of nitrogens with one attached hydrogen (secondary N) is 3. The molecule has 2 fully saturated rings. The van der Waals surface area contributed by atoms with Crippen LogP contribution in [0.5, 0.6) is 0 Å². The number of halogens is 2. The van der Waals surface area contributed by atoms with E-state index in [9.17, 15) is 4.79 Å². The number of hydrogen-bond donors (Lipinski definition) is 3. The lowest BCUT2D eigenvalue weighted by Gasteiger charge is -2.29. The summed E-state index contributed by atoms with van der Waals surface area (Å²) in [7, 11) is 0. The van der Waals surface area contributed by atoms with E-state index >= 15 is 0 Å². The topological polar surface area (TPSA) is 79.0 Å². The van der Waals surface area contributed by atoms with Crippen LogP contribution in [-0.4, -0.2) is 41.2 Å². The van der Waals surface area contributed by atoms with Gasteiger partial charge in [0.25, 0.3) is 0 Å². The first-order valence-corrected chi connectivity index (χ1v) is 8.36. The number of carbonyl (C=O) groups is 1. The third-order valence-electron chi connectivity index (χ3n) is 4.86. The highest BCUT2D eigenvalue weighted by molar-refractivity contribution is 5.96. The summed E-state index contributed by atoms with van der Waals surface area (Å²) in [5.41, 5.74) is 2.72. The molecule has 6 nitrogen and oxygen atoms in total. The minimum Gasteiger partial charge on any atom is -0.375 e. The number of morpholine rings is 1. The number of rotatable bonds is 3. The van der Waals surface area contributed by atoms with E-state index in [0.29, 0.717) is 19.1 Å². The first-order chi connectivity index (χ1) is 11.2. The fourth-order valence-corrected chi connectivity index (χ4v) is 3.23. The molecule has 2 aromatic rings. The molecule has 138 valence electrons. The maximum absolute atomic E-state index is 12.4. The van der Waals surface area contributed by atoms with Crippen LogP contribution in [0.1, 0.15) is 37.9 Å². The van der Waals surface area contributed by atoms with Crippen molar-refractivity contribution >= 4 is 47.4 Å². The van der Waals surface area contributed by atoms with Gasteiger partial charge in [-0.2, -0.15) is 0 Å². The van der Waals surface area contributed by atoms with Gasteiger partial charge in [-0.25, -0.2) is 4.98 Å². The Morgan fingerprint density at radius 2 is 2.12 bits per heavy atom. The van der Waals surface area contributed by atoms with Crippen molar-refractivity contribution in [2.24, 2.45) is 0 Å². The lowest BCUT2D eigenvalue weighted by atomic mass is 9.85. The van der Waals surface area contributed by atoms with Crippen LogP contribution in [0, 0.1) is 0 Å². The molecule has 8 heteroatoms. The number of aromatic amines is 1. The van der Waals surface area contributed by atoms with E-state index in [4.69, 9.17) is 4.74 Å². The second-order valence-corrected chi connectivity index (χ2v) is 6.48. The molecule has 0 spiro atoms. The van der Waals surface area contributed by atoms with E-state index in [0.717, 1.165) is 22.5 Å². The molecule has 0 unspecified atom stereocenters. The van der Waals surface area contributed by atoms with Crippen LogP contribution >= 0.6 is 24.8 Å². The molecule has 1 aliphatic heterocycles. The number of carbonyl (C=O) groups excluding carboxylic acids is 1. The molecule has 1 aromatic carbocycles. The SMILES string of the molecule is C[C@H]1OCCN[C@@H]1C(=O)Nc1ccc2nc(C3CCC3)[nH]c2c1.Cl.Cl. The largest absolute Gasteiger partial charge is 0.375 e. The highest BCUT2D eigenvalue weighted by Crippen LogP contribution is 2.35. The summed E-state index contributed by atoms with van der Waals surface area (Å²) in [4.78, 5) is 20.5. The fraction of sp³-hybridized carbons (Fsp3) is 0.529. The van der Waals surface area contributed by atoms with Gasteiger partial charge >= 0.3 is 0 Å². The average molecular weight is 387 g/mol. The summed E-state index contributed by atoms with van der Waals surface area (Å²) in [5.74, 6) is 1.59. The number of aromatic nitrogens is 2. The van der Waals surface area contributed by atoms with Gasteiger partial charge in [-0.05, 0) is 38.0 Å². The van der Waals surface area contributed by atoms with Crippen molar-refractivity contribution in [3.8, 4) is 0 Å². The molecule has 2 heterocycles. The zero-order chi connectivity index (χ0) is 15.8. The fourth-order valence-electron chi connectivity index (χ4n) is 3.23. The quantitative estimate of drug-likeness (QED) is 0.757. The van der Waals surface area contributed by atoms with Gasteiger partial charge < -0.3 is 20.4 Å². The third kappa shape index (κ3) is 4.08. The molecule has 25 heavy (non-hydrogen) atoms. The molecule has 2 aliphatic rings. The monoisotopic (exact) mass is 386 g/mol. The molecule has 3 N–H and O–H groups in total. The number of H-pyrrole nitrogens is 1. The summed E-state index contributed by atoms with van der Waals surface area (Å²) in [6.45, 7) is 3.27. The van der Waals surface area contributed by atoms with E-state index in [1.807, 2.05) is 25.1 Å². The molecular weight excluding hydrogens is 363 g/mol. The number of hydrogen-bond acceptors (Lipinski definition) is 4. The molecule has 1 saturated carbocycles. The zero-order valence-corrected chi connectivity index (χ0v) is 15.7. The average Bonchev–Trinajstić information content (AvgIpc) is 2.88. The standard InChI is InChI=1S/C17H22N4O2.2ClH/c1-10-15(18-7-8-23-10)17(22)19-12-5-6-13-14(9-12)21-16(20-13)11-3-2-4-11;;/h5-6,9-11,15,18H,2-4,7-8H2,1H3,(H,19,22)(H,20,21);2*1H/t10-,15+;;/m1../s1. The zero-order valence-electron chi connectivity index (χ0n) is 14.1. The van der Waals surface area contributed by atoms with E-state index in [2.05, 4.69) is 20.6 Å². The van der Waals surface area contributed by atoms with Gasteiger partial charge in [0.15, 0.2) is 0 Å². The van der Waals surface area contributed by atoms with E-state index in [1.165, 1.54) is 19.3 Å². The second-order valence-electron chi connectivity index (χ2n) is 6.48. The summed E-state index contributed by atoms with van der Waals surface area (Å²) in [6, 6.07) is 5.50. The molecule has 2 atom stereocenters. The van der Waals surface area contributed by atoms with Crippen molar-refractivity contribution in [3.63, 3.8) is 0 Å².